The van der Waals surface area contributed by atoms with Crippen LogP contribution >= 0.6 is 0 Å². The van der Waals surface area contributed by atoms with E-state index in [4.69, 9.17) is 5.11 Å². The van der Waals surface area contributed by atoms with Gasteiger partial charge >= 0.3 is 5.97 Å². The van der Waals surface area contributed by atoms with Crippen LogP contribution in [0.5, 0.6) is 0 Å². The molecule has 8 heteroatoms. The number of aliphatic carboxylic acids is 1. The number of aromatic amines is 1. The molecular weight excluding hydrogens is 360 g/mol. The van der Waals surface area contributed by atoms with E-state index in [1.54, 1.807) is 6.92 Å². The van der Waals surface area contributed by atoms with Crippen LogP contribution < -0.4 is 10.9 Å². The summed E-state index contributed by atoms with van der Waals surface area (Å²) in [4.78, 5) is 43.8. The van der Waals surface area contributed by atoms with Crippen LogP contribution in [-0.2, 0) is 22.6 Å². The van der Waals surface area contributed by atoms with Gasteiger partial charge in [-0.25, -0.2) is 4.98 Å². The first-order chi connectivity index (χ1) is 13.4. The van der Waals surface area contributed by atoms with Crippen molar-refractivity contribution < 1.29 is 14.7 Å². The average Bonchev–Trinajstić information content (AvgIpc) is 3.26. The van der Waals surface area contributed by atoms with Gasteiger partial charge in [-0.2, -0.15) is 0 Å². The first-order valence-corrected chi connectivity index (χ1v) is 9.12. The van der Waals surface area contributed by atoms with Gasteiger partial charge in [0.05, 0.1) is 17.9 Å². The van der Waals surface area contributed by atoms with Crippen molar-refractivity contribution >= 4 is 22.9 Å². The van der Waals surface area contributed by atoms with Gasteiger partial charge in [0.25, 0.3) is 5.56 Å². The first-order valence-electron chi connectivity index (χ1n) is 9.12. The zero-order valence-corrected chi connectivity index (χ0v) is 15.3. The Bertz CT molecular complexity index is 1120. The third-order valence-corrected chi connectivity index (χ3v) is 4.97. The molecule has 1 aromatic carbocycles. The second-order valence-electron chi connectivity index (χ2n) is 7.16. The maximum Gasteiger partial charge on any atom is 0.305 e. The zero-order chi connectivity index (χ0) is 19.8. The van der Waals surface area contributed by atoms with Crippen molar-refractivity contribution in [3.05, 3.63) is 52.6 Å². The van der Waals surface area contributed by atoms with Crippen LogP contribution in [0.1, 0.15) is 19.2 Å². The van der Waals surface area contributed by atoms with Gasteiger partial charge in [0, 0.05) is 24.7 Å². The number of hydrogen-bond acceptors (Lipinski definition) is 4. The van der Waals surface area contributed by atoms with Crippen molar-refractivity contribution in [2.24, 2.45) is 5.92 Å². The number of rotatable bonds is 5. The second kappa shape index (κ2) is 6.95. The fourth-order valence-electron chi connectivity index (χ4n) is 3.62. The molecule has 3 aromatic rings. The SMILES string of the molecule is C[C@H](CC(=O)O)NC(=O)[C@@H]1Cc2nc3cc(-c4ccccc4)[nH]c3c(=O)n2C1. The summed E-state index contributed by atoms with van der Waals surface area (Å²) in [5.41, 5.74) is 2.59. The molecule has 8 nitrogen and oxygen atoms in total. The van der Waals surface area contributed by atoms with Crippen molar-refractivity contribution in [3.63, 3.8) is 0 Å². The minimum absolute atomic E-state index is 0.144. The van der Waals surface area contributed by atoms with E-state index in [-0.39, 0.29) is 24.4 Å². The monoisotopic (exact) mass is 380 g/mol. The smallest absolute Gasteiger partial charge is 0.305 e. The number of aromatic nitrogens is 3. The highest BCUT2D eigenvalue weighted by molar-refractivity contribution is 5.83. The third kappa shape index (κ3) is 3.28. The number of benzene rings is 1. The molecule has 144 valence electrons. The number of carbonyl (C=O) groups excluding carboxylic acids is 1. The first kappa shape index (κ1) is 18.0. The molecule has 1 aliphatic rings. The lowest BCUT2D eigenvalue weighted by Crippen LogP contribution is -2.39. The lowest BCUT2D eigenvalue weighted by molar-refractivity contribution is -0.137. The van der Waals surface area contributed by atoms with Gasteiger partial charge in [-0.15, -0.1) is 0 Å². The van der Waals surface area contributed by atoms with E-state index in [1.165, 1.54) is 4.57 Å². The van der Waals surface area contributed by atoms with Gasteiger partial charge in [0.15, 0.2) is 0 Å². The van der Waals surface area contributed by atoms with E-state index in [0.717, 1.165) is 11.3 Å². The summed E-state index contributed by atoms with van der Waals surface area (Å²) < 4.78 is 1.53. The normalized spacial score (nSPS) is 16.7. The van der Waals surface area contributed by atoms with Crippen molar-refractivity contribution in [2.45, 2.75) is 32.4 Å². The molecule has 0 saturated carbocycles. The Morgan fingerprint density at radius 3 is 2.82 bits per heavy atom. The van der Waals surface area contributed by atoms with Gasteiger partial charge < -0.3 is 15.4 Å². The summed E-state index contributed by atoms with van der Waals surface area (Å²) in [5.74, 6) is -1.09. The predicted octanol–water partition coefficient (Wildman–Crippen LogP) is 1.54. The lowest BCUT2D eigenvalue weighted by atomic mass is 10.1. The number of hydrogen-bond donors (Lipinski definition) is 3. The largest absolute Gasteiger partial charge is 0.481 e. The quantitative estimate of drug-likeness (QED) is 0.621. The molecule has 4 rings (SSSR count). The van der Waals surface area contributed by atoms with Gasteiger partial charge in [0.2, 0.25) is 5.91 Å². The maximum atomic E-state index is 12.9. The summed E-state index contributed by atoms with van der Waals surface area (Å²) in [6.07, 6.45) is 0.206. The summed E-state index contributed by atoms with van der Waals surface area (Å²) in [6.45, 7) is 1.88. The molecule has 0 fully saturated rings. The summed E-state index contributed by atoms with van der Waals surface area (Å²) in [5, 5.41) is 11.5. The van der Waals surface area contributed by atoms with Crippen LogP contribution in [0.25, 0.3) is 22.3 Å². The van der Waals surface area contributed by atoms with E-state index in [2.05, 4.69) is 15.3 Å². The van der Waals surface area contributed by atoms with E-state index in [9.17, 15) is 14.4 Å². The Labute approximate surface area is 160 Å². The summed E-state index contributed by atoms with van der Waals surface area (Å²) in [7, 11) is 0. The molecule has 0 bridgehead atoms. The summed E-state index contributed by atoms with van der Waals surface area (Å²) in [6, 6.07) is 11.1. The number of carboxylic acids is 1. The van der Waals surface area contributed by atoms with Gasteiger partial charge in [0.1, 0.15) is 11.3 Å². The van der Waals surface area contributed by atoms with Crippen LogP contribution in [-0.4, -0.2) is 37.6 Å². The van der Waals surface area contributed by atoms with Crippen molar-refractivity contribution in [1.82, 2.24) is 19.9 Å². The molecule has 0 radical (unpaired) electrons. The van der Waals surface area contributed by atoms with Crippen molar-refractivity contribution in [1.29, 1.82) is 0 Å². The fraction of sp³-hybridized carbons (Fsp3) is 0.300. The molecular formula is C20H20N4O4. The molecule has 0 unspecified atom stereocenters. The Balaban J connectivity index is 1.58. The van der Waals surface area contributed by atoms with E-state index in [0.29, 0.717) is 23.3 Å². The highest BCUT2D eigenvalue weighted by atomic mass is 16.4. The Hall–Kier alpha value is -3.42. The van der Waals surface area contributed by atoms with Crippen LogP contribution in [0, 0.1) is 5.92 Å². The highest BCUT2D eigenvalue weighted by Gasteiger charge is 2.31. The standard InChI is InChI=1S/C20H20N4O4/c1-11(7-17(25)26)21-19(27)13-8-16-22-15-9-14(12-5-3-2-4-6-12)23-18(15)20(28)24(16)10-13/h2-6,9,11,13,23H,7-8,10H2,1H3,(H,21,27)(H,25,26)/t11-,13-/m1/s1. The lowest BCUT2D eigenvalue weighted by Gasteiger charge is -2.14. The third-order valence-electron chi connectivity index (χ3n) is 4.97. The van der Waals surface area contributed by atoms with Crippen LogP contribution in [0.4, 0.5) is 0 Å². The molecule has 2 aromatic heterocycles. The molecule has 1 aliphatic heterocycles. The number of fused-ring (bicyclic) bond motifs is 2. The second-order valence-corrected chi connectivity index (χ2v) is 7.16. The van der Waals surface area contributed by atoms with Gasteiger partial charge in [-0.1, -0.05) is 30.3 Å². The molecule has 0 aliphatic carbocycles. The maximum absolute atomic E-state index is 12.9. The number of carboxylic acid groups (broad SMARTS) is 1. The molecule has 0 spiro atoms. The summed E-state index contributed by atoms with van der Waals surface area (Å²) >= 11 is 0. The topological polar surface area (TPSA) is 117 Å². The Morgan fingerprint density at radius 1 is 1.36 bits per heavy atom. The zero-order valence-electron chi connectivity index (χ0n) is 15.3. The minimum atomic E-state index is -0.969. The fourth-order valence-corrected chi connectivity index (χ4v) is 3.62. The van der Waals surface area contributed by atoms with E-state index >= 15 is 0 Å². The molecule has 2 atom stereocenters. The average molecular weight is 380 g/mol. The minimum Gasteiger partial charge on any atom is -0.481 e. The van der Waals surface area contributed by atoms with E-state index < -0.39 is 17.9 Å². The number of H-pyrrole nitrogens is 1. The highest BCUT2D eigenvalue weighted by Crippen LogP contribution is 2.24. The molecule has 0 saturated heterocycles. The van der Waals surface area contributed by atoms with Gasteiger partial charge in [-0.3, -0.25) is 19.0 Å². The molecule has 28 heavy (non-hydrogen) atoms. The van der Waals surface area contributed by atoms with Gasteiger partial charge in [-0.05, 0) is 18.6 Å². The number of nitrogens with zero attached hydrogens (tertiary/aromatic N) is 2. The number of carbonyl (C=O) groups is 2. The van der Waals surface area contributed by atoms with Crippen LogP contribution in [0.15, 0.2) is 41.2 Å². The van der Waals surface area contributed by atoms with Crippen molar-refractivity contribution in [2.75, 3.05) is 0 Å². The van der Waals surface area contributed by atoms with Crippen molar-refractivity contribution in [3.8, 4) is 11.3 Å². The predicted molar refractivity (Wildman–Crippen MR) is 103 cm³/mol. The number of amides is 1. The van der Waals surface area contributed by atoms with Crippen LogP contribution in [0.3, 0.4) is 0 Å². The molecule has 3 heterocycles. The molecule has 3 N–H and O–H groups in total. The number of nitrogens with one attached hydrogen (secondary N) is 2. The van der Waals surface area contributed by atoms with E-state index in [1.807, 2.05) is 36.4 Å². The Kier molecular flexibility index (Phi) is 4.46. The molecule has 1 amide bonds. The Morgan fingerprint density at radius 2 is 2.11 bits per heavy atom. The van der Waals surface area contributed by atoms with Crippen LogP contribution in [0.2, 0.25) is 0 Å².